The fourth-order valence-corrected chi connectivity index (χ4v) is 4.39. The van der Waals surface area contributed by atoms with E-state index in [1.807, 2.05) is 17.0 Å². The molecule has 0 saturated carbocycles. The van der Waals surface area contributed by atoms with Crippen LogP contribution in [0.25, 0.3) is 0 Å². The minimum absolute atomic E-state index is 0.0512. The molecule has 2 saturated heterocycles. The smallest absolute Gasteiger partial charge is 0.267 e. The Morgan fingerprint density at radius 1 is 1.00 bits per heavy atom. The lowest BCUT2D eigenvalue weighted by molar-refractivity contribution is -0.133. The summed E-state index contributed by atoms with van der Waals surface area (Å²) >= 11 is 0. The van der Waals surface area contributed by atoms with Gasteiger partial charge in [0.2, 0.25) is 5.91 Å². The van der Waals surface area contributed by atoms with E-state index in [2.05, 4.69) is 10.1 Å². The highest BCUT2D eigenvalue weighted by molar-refractivity contribution is 5.94. The second-order valence-electron chi connectivity index (χ2n) is 8.47. The maximum atomic E-state index is 12.8. The lowest BCUT2D eigenvalue weighted by Gasteiger charge is -2.32. The molecule has 4 heterocycles. The molecule has 0 N–H and O–H groups in total. The molecule has 0 unspecified atom stereocenters. The quantitative estimate of drug-likeness (QED) is 0.750. The van der Waals surface area contributed by atoms with E-state index in [1.165, 1.54) is 17.2 Å². The third-order valence-electron chi connectivity index (χ3n) is 6.15. The van der Waals surface area contributed by atoms with E-state index >= 15 is 0 Å². The van der Waals surface area contributed by atoms with Crippen LogP contribution in [-0.2, 0) is 11.3 Å². The highest BCUT2D eigenvalue weighted by Crippen LogP contribution is 2.26. The number of carbonyl (C=O) groups excluding carboxylic acids is 2. The van der Waals surface area contributed by atoms with Gasteiger partial charge in [0.1, 0.15) is 6.54 Å². The van der Waals surface area contributed by atoms with Crippen molar-refractivity contribution < 1.29 is 9.59 Å². The van der Waals surface area contributed by atoms with Crippen molar-refractivity contribution in [3.05, 3.63) is 57.8 Å². The normalized spacial score (nSPS) is 19.3. The molecule has 0 bridgehead atoms. The molecule has 2 fully saturated rings. The van der Waals surface area contributed by atoms with Crippen LogP contribution >= 0.6 is 0 Å². The summed E-state index contributed by atoms with van der Waals surface area (Å²) in [6.45, 7) is 4.61. The predicted octanol–water partition coefficient (Wildman–Crippen LogP) is 1.98. The molecule has 1 atom stereocenters. The van der Waals surface area contributed by atoms with Gasteiger partial charge in [-0.25, -0.2) is 4.68 Å². The topological polar surface area (TPSA) is 88.4 Å². The van der Waals surface area contributed by atoms with E-state index in [9.17, 15) is 14.4 Å². The molecule has 0 spiro atoms. The lowest BCUT2D eigenvalue weighted by atomic mass is 9.94. The van der Waals surface area contributed by atoms with Crippen LogP contribution in [0.15, 0.2) is 35.3 Å². The summed E-state index contributed by atoms with van der Waals surface area (Å²) < 4.78 is 1.22. The number of aromatic nitrogens is 3. The standard InChI is InChI=1S/C23H29N5O3/c1-17-7-10-21(29)28(25-17)16-22(30)27-13-5-6-19(15-27)20-9-8-18(14-24-20)23(31)26-11-3-2-4-12-26/h7-10,14,19H,2-6,11-13,15-16H2,1H3/t19-/m0/s1. The Bertz CT molecular complexity index is 995. The summed E-state index contributed by atoms with van der Waals surface area (Å²) in [5, 5.41) is 4.16. The Morgan fingerprint density at radius 3 is 2.52 bits per heavy atom. The average Bonchev–Trinajstić information content (AvgIpc) is 2.81. The zero-order valence-corrected chi connectivity index (χ0v) is 18.0. The van der Waals surface area contributed by atoms with Crippen LogP contribution in [0.2, 0.25) is 0 Å². The Kier molecular flexibility index (Phi) is 6.44. The molecular weight excluding hydrogens is 394 g/mol. The van der Waals surface area contributed by atoms with Gasteiger partial charge in [0, 0.05) is 50.1 Å². The second-order valence-corrected chi connectivity index (χ2v) is 8.47. The van der Waals surface area contributed by atoms with Crippen LogP contribution in [-0.4, -0.2) is 62.6 Å². The molecule has 0 aromatic carbocycles. The Morgan fingerprint density at radius 2 is 1.77 bits per heavy atom. The number of hydrogen-bond acceptors (Lipinski definition) is 5. The molecule has 8 nitrogen and oxygen atoms in total. The fourth-order valence-electron chi connectivity index (χ4n) is 4.39. The molecular formula is C23H29N5O3. The maximum Gasteiger partial charge on any atom is 0.267 e. The Balaban J connectivity index is 1.40. The molecule has 2 amide bonds. The minimum atomic E-state index is -0.275. The summed E-state index contributed by atoms with van der Waals surface area (Å²) in [7, 11) is 0. The van der Waals surface area contributed by atoms with E-state index in [-0.39, 0.29) is 29.8 Å². The van der Waals surface area contributed by atoms with Crippen LogP contribution in [0.4, 0.5) is 0 Å². The number of hydrogen-bond donors (Lipinski definition) is 0. The van der Waals surface area contributed by atoms with Crippen molar-refractivity contribution in [1.82, 2.24) is 24.6 Å². The number of aryl methyl sites for hydroxylation is 1. The first-order chi connectivity index (χ1) is 15.0. The SMILES string of the molecule is Cc1ccc(=O)n(CC(=O)N2CCC[C@H](c3ccc(C(=O)N4CCCCC4)cn3)C2)n1. The van der Waals surface area contributed by atoms with E-state index in [0.717, 1.165) is 44.5 Å². The van der Waals surface area contributed by atoms with Crippen molar-refractivity contribution in [3.8, 4) is 0 Å². The molecule has 4 rings (SSSR count). The second kappa shape index (κ2) is 9.41. The van der Waals surface area contributed by atoms with Gasteiger partial charge in [-0.2, -0.15) is 5.10 Å². The first-order valence-corrected chi connectivity index (χ1v) is 11.1. The van der Waals surface area contributed by atoms with Crippen LogP contribution in [0, 0.1) is 6.92 Å². The molecule has 31 heavy (non-hydrogen) atoms. The zero-order chi connectivity index (χ0) is 21.8. The summed E-state index contributed by atoms with van der Waals surface area (Å²) in [5.41, 5.74) is 1.95. The number of carbonyl (C=O) groups is 2. The number of nitrogens with zero attached hydrogens (tertiary/aromatic N) is 5. The van der Waals surface area contributed by atoms with Crippen LogP contribution in [0.1, 0.15) is 59.8 Å². The first kappa shape index (κ1) is 21.2. The van der Waals surface area contributed by atoms with Crippen LogP contribution in [0.5, 0.6) is 0 Å². The van der Waals surface area contributed by atoms with Gasteiger partial charge < -0.3 is 9.80 Å². The molecule has 2 aliphatic rings. The lowest BCUT2D eigenvalue weighted by Crippen LogP contribution is -2.42. The van der Waals surface area contributed by atoms with Gasteiger partial charge in [-0.1, -0.05) is 0 Å². The molecule has 2 aromatic rings. The highest BCUT2D eigenvalue weighted by Gasteiger charge is 2.26. The van der Waals surface area contributed by atoms with Gasteiger partial charge in [-0.15, -0.1) is 0 Å². The van der Waals surface area contributed by atoms with Crippen molar-refractivity contribution >= 4 is 11.8 Å². The number of pyridine rings is 1. The fraction of sp³-hybridized carbons (Fsp3) is 0.522. The summed E-state index contributed by atoms with van der Waals surface area (Å²) in [4.78, 5) is 45.7. The molecule has 164 valence electrons. The van der Waals surface area contributed by atoms with Gasteiger partial charge in [0.05, 0.1) is 11.3 Å². The Labute approximate surface area is 181 Å². The predicted molar refractivity (Wildman–Crippen MR) is 116 cm³/mol. The van der Waals surface area contributed by atoms with Gasteiger partial charge in [0.15, 0.2) is 0 Å². The van der Waals surface area contributed by atoms with Crippen LogP contribution < -0.4 is 5.56 Å². The van der Waals surface area contributed by atoms with Crippen molar-refractivity contribution in [2.24, 2.45) is 0 Å². The largest absolute Gasteiger partial charge is 0.340 e. The number of piperidine rings is 2. The molecule has 0 radical (unpaired) electrons. The van der Waals surface area contributed by atoms with Crippen molar-refractivity contribution in [2.75, 3.05) is 26.2 Å². The van der Waals surface area contributed by atoms with Crippen molar-refractivity contribution in [2.45, 2.75) is 51.5 Å². The van der Waals surface area contributed by atoms with Crippen LogP contribution in [0.3, 0.4) is 0 Å². The van der Waals surface area contributed by atoms with E-state index in [1.54, 1.807) is 24.1 Å². The van der Waals surface area contributed by atoms with Gasteiger partial charge in [-0.3, -0.25) is 19.4 Å². The maximum absolute atomic E-state index is 12.8. The first-order valence-electron chi connectivity index (χ1n) is 11.1. The monoisotopic (exact) mass is 423 g/mol. The highest BCUT2D eigenvalue weighted by atomic mass is 16.2. The number of amides is 2. The summed E-state index contributed by atoms with van der Waals surface area (Å²) in [6.07, 6.45) is 6.80. The Hall–Kier alpha value is -3.03. The van der Waals surface area contributed by atoms with E-state index in [0.29, 0.717) is 24.3 Å². The number of likely N-dealkylation sites (tertiary alicyclic amines) is 2. The summed E-state index contributed by atoms with van der Waals surface area (Å²) in [5.74, 6) is 0.0659. The third-order valence-corrected chi connectivity index (χ3v) is 6.15. The van der Waals surface area contributed by atoms with Gasteiger partial charge in [-0.05, 0) is 57.2 Å². The van der Waals surface area contributed by atoms with E-state index in [4.69, 9.17) is 0 Å². The molecule has 0 aliphatic carbocycles. The van der Waals surface area contributed by atoms with Gasteiger partial charge in [0.25, 0.3) is 11.5 Å². The molecule has 8 heteroatoms. The van der Waals surface area contributed by atoms with Crippen molar-refractivity contribution in [3.63, 3.8) is 0 Å². The van der Waals surface area contributed by atoms with Crippen molar-refractivity contribution in [1.29, 1.82) is 0 Å². The van der Waals surface area contributed by atoms with E-state index < -0.39 is 0 Å². The van der Waals surface area contributed by atoms with Gasteiger partial charge >= 0.3 is 0 Å². The molecule has 2 aromatic heterocycles. The minimum Gasteiger partial charge on any atom is -0.340 e. The third kappa shape index (κ3) is 5.00. The molecule has 2 aliphatic heterocycles. The summed E-state index contributed by atoms with van der Waals surface area (Å²) in [6, 6.07) is 6.86. The number of rotatable bonds is 4. The average molecular weight is 424 g/mol. The zero-order valence-electron chi connectivity index (χ0n) is 18.0.